The molecule has 18 heavy (non-hydrogen) atoms. The lowest BCUT2D eigenvalue weighted by Gasteiger charge is -2.14. The van der Waals surface area contributed by atoms with Crippen molar-refractivity contribution in [2.45, 2.75) is 33.2 Å². The lowest BCUT2D eigenvalue weighted by atomic mass is 10.1. The van der Waals surface area contributed by atoms with Gasteiger partial charge >= 0.3 is 0 Å². The molecule has 0 aliphatic rings. The van der Waals surface area contributed by atoms with Gasteiger partial charge in [0, 0.05) is 7.11 Å². The quantitative estimate of drug-likeness (QED) is 0.711. The van der Waals surface area contributed by atoms with Crippen LogP contribution in [0, 0.1) is 5.92 Å². The van der Waals surface area contributed by atoms with Crippen molar-refractivity contribution in [2.75, 3.05) is 26.8 Å². The molecule has 0 radical (unpaired) electrons. The molecule has 1 atom stereocenters. The van der Waals surface area contributed by atoms with Crippen LogP contribution >= 0.6 is 15.9 Å². The number of nitrogens with zero attached hydrogens (tertiary/aromatic N) is 2. The number of ether oxygens (including phenoxy) is 1. The molecule has 5 heteroatoms. The van der Waals surface area contributed by atoms with Crippen molar-refractivity contribution in [3.05, 3.63) is 16.4 Å². The van der Waals surface area contributed by atoms with E-state index in [-0.39, 0.29) is 0 Å². The number of rotatable bonds is 9. The summed E-state index contributed by atoms with van der Waals surface area (Å²) < 4.78 is 8.24. The maximum atomic E-state index is 5.11. The molecular weight excluding hydrogens is 294 g/mol. The fourth-order valence-electron chi connectivity index (χ4n) is 1.89. The summed E-state index contributed by atoms with van der Waals surface area (Å²) in [4.78, 5) is 0. The van der Waals surface area contributed by atoms with Gasteiger partial charge in [0.15, 0.2) is 0 Å². The van der Waals surface area contributed by atoms with Crippen LogP contribution < -0.4 is 5.32 Å². The molecule has 4 nitrogen and oxygen atoms in total. The Balaban J connectivity index is 2.51. The van der Waals surface area contributed by atoms with Gasteiger partial charge in [0.05, 0.1) is 29.5 Å². The number of methoxy groups -OCH3 is 1. The summed E-state index contributed by atoms with van der Waals surface area (Å²) in [5.41, 5.74) is 1.26. The van der Waals surface area contributed by atoms with Gasteiger partial charge in [-0.3, -0.25) is 4.68 Å². The first-order valence-corrected chi connectivity index (χ1v) is 7.38. The summed E-state index contributed by atoms with van der Waals surface area (Å²) in [7, 11) is 1.72. The first-order chi connectivity index (χ1) is 8.69. The molecule has 1 N–H and O–H groups in total. The molecular formula is C13H24BrN3O. The van der Waals surface area contributed by atoms with E-state index >= 15 is 0 Å². The van der Waals surface area contributed by atoms with Crippen molar-refractivity contribution in [1.29, 1.82) is 0 Å². The topological polar surface area (TPSA) is 39.1 Å². The summed E-state index contributed by atoms with van der Waals surface area (Å²) in [5, 5.41) is 7.83. The first-order valence-electron chi connectivity index (χ1n) is 6.58. The molecule has 0 aliphatic carbocycles. The van der Waals surface area contributed by atoms with Gasteiger partial charge in [0.1, 0.15) is 0 Å². The van der Waals surface area contributed by atoms with Gasteiger partial charge in [-0.2, -0.15) is 5.10 Å². The number of aromatic nitrogens is 2. The molecule has 1 unspecified atom stereocenters. The predicted molar refractivity (Wildman–Crippen MR) is 77.8 cm³/mol. The van der Waals surface area contributed by atoms with Gasteiger partial charge in [-0.1, -0.05) is 13.8 Å². The van der Waals surface area contributed by atoms with E-state index < -0.39 is 0 Å². The maximum Gasteiger partial charge on any atom is 0.0658 e. The van der Waals surface area contributed by atoms with Crippen LogP contribution in [0.3, 0.4) is 0 Å². The van der Waals surface area contributed by atoms with E-state index in [0.29, 0.717) is 12.5 Å². The zero-order valence-electron chi connectivity index (χ0n) is 11.6. The summed E-state index contributed by atoms with van der Waals surface area (Å²) in [5.74, 6) is 0.603. The minimum Gasteiger partial charge on any atom is -0.383 e. The summed E-state index contributed by atoms with van der Waals surface area (Å²) in [6.45, 7) is 8.11. The molecule has 0 amide bonds. The second kappa shape index (κ2) is 8.67. The molecule has 1 aromatic heterocycles. The van der Waals surface area contributed by atoms with E-state index in [0.717, 1.165) is 30.5 Å². The third-order valence-corrected chi connectivity index (χ3v) is 3.53. The molecule has 1 aromatic rings. The number of halogens is 1. The molecule has 0 fully saturated rings. The molecule has 0 saturated carbocycles. The highest BCUT2D eigenvalue weighted by atomic mass is 79.9. The van der Waals surface area contributed by atoms with E-state index in [1.807, 2.05) is 10.9 Å². The van der Waals surface area contributed by atoms with Crippen molar-refractivity contribution < 1.29 is 4.74 Å². The normalized spacial score (nSPS) is 12.9. The van der Waals surface area contributed by atoms with Gasteiger partial charge in [-0.15, -0.1) is 0 Å². The van der Waals surface area contributed by atoms with Crippen molar-refractivity contribution >= 4 is 15.9 Å². The Morgan fingerprint density at radius 1 is 1.56 bits per heavy atom. The average Bonchev–Trinajstić information content (AvgIpc) is 2.69. The average molecular weight is 318 g/mol. The van der Waals surface area contributed by atoms with Crippen molar-refractivity contribution in [2.24, 2.45) is 5.92 Å². The lowest BCUT2D eigenvalue weighted by Crippen LogP contribution is -2.24. The van der Waals surface area contributed by atoms with Crippen LogP contribution in [0.4, 0.5) is 0 Å². The van der Waals surface area contributed by atoms with Gasteiger partial charge in [-0.05, 0) is 47.8 Å². The summed E-state index contributed by atoms with van der Waals surface area (Å²) >= 11 is 3.57. The van der Waals surface area contributed by atoms with Crippen molar-refractivity contribution in [3.63, 3.8) is 0 Å². The van der Waals surface area contributed by atoms with Crippen molar-refractivity contribution in [3.8, 4) is 0 Å². The summed E-state index contributed by atoms with van der Waals surface area (Å²) in [6, 6.07) is 0. The van der Waals surface area contributed by atoms with E-state index in [1.165, 1.54) is 12.1 Å². The second-order valence-electron chi connectivity index (χ2n) is 4.67. The van der Waals surface area contributed by atoms with E-state index in [9.17, 15) is 0 Å². The third-order valence-electron chi connectivity index (χ3n) is 2.87. The van der Waals surface area contributed by atoms with E-state index in [4.69, 9.17) is 4.74 Å². The zero-order valence-corrected chi connectivity index (χ0v) is 13.2. The molecule has 1 rings (SSSR count). The minimum atomic E-state index is 0.603. The maximum absolute atomic E-state index is 5.11. The Kier molecular flexibility index (Phi) is 7.54. The van der Waals surface area contributed by atoms with Gasteiger partial charge in [0.25, 0.3) is 0 Å². The van der Waals surface area contributed by atoms with E-state index in [1.54, 1.807) is 7.11 Å². The molecule has 0 bridgehead atoms. The monoisotopic (exact) mass is 317 g/mol. The molecule has 104 valence electrons. The molecule has 0 aromatic carbocycles. The third kappa shape index (κ3) is 5.08. The fourth-order valence-corrected chi connectivity index (χ4v) is 2.35. The molecule has 1 heterocycles. The molecule has 0 saturated heterocycles. The Bertz CT molecular complexity index is 341. The van der Waals surface area contributed by atoms with Crippen LogP contribution in [0.25, 0.3) is 0 Å². The Hall–Kier alpha value is -0.390. The highest BCUT2D eigenvalue weighted by Crippen LogP contribution is 2.19. The van der Waals surface area contributed by atoms with Crippen LogP contribution in [0.15, 0.2) is 10.7 Å². The zero-order chi connectivity index (χ0) is 13.4. The largest absolute Gasteiger partial charge is 0.383 e. The van der Waals surface area contributed by atoms with Crippen LogP contribution in [0.1, 0.15) is 26.0 Å². The van der Waals surface area contributed by atoms with Crippen LogP contribution in [0.5, 0.6) is 0 Å². The Morgan fingerprint density at radius 3 is 3.00 bits per heavy atom. The number of nitrogens with one attached hydrogen (secondary N) is 1. The smallest absolute Gasteiger partial charge is 0.0658 e. The highest BCUT2D eigenvalue weighted by molar-refractivity contribution is 9.10. The van der Waals surface area contributed by atoms with Gasteiger partial charge < -0.3 is 10.1 Å². The second-order valence-corrected chi connectivity index (χ2v) is 5.52. The number of hydrogen-bond donors (Lipinski definition) is 1. The first kappa shape index (κ1) is 15.7. The molecule has 0 spiro atoms. The standard InChI is InChI=1S/C13H24BrN3O/c1-4-5-15-9-11(2)8-13-12(14)10-16-17(13)6-7-18-3/h10-11,15H,4-9H2,1-3H3. The number of hydrogen-bond acceptors (Lipinski definition) is 3. The van der Waals surface area contributed by atoms with E-state index in [2.05, 4.69) is 40.2 Å². The lowest BCUT2D eigenvalue weighted by molar-refractivity contribution is 0.182. The SMILES string of the molecule is CCCNCC(C)Cc1c(Br)cnn1CCOC. The van der Waals surface area contributed by atoms with Gasteiger partial charge in [0.2, 0.25) is 0 Å². The summed E-state index contributed by atoms with van der Waals surface area (Å²) in [6.07, 6.45) is 4.08. The Labute approximate surface area is 118 Å². The highest BCUT2D eigenvalue weighted by Gasteiger charge is 2.12. The van der Waals surface area contributed by atoms with Crippen molar-refractivity contribution in [1.82, 2.24) is 15.1 Å². The predicted octanol–water partition coefficient (Wildman–Crippen LogP) is 2.47. The molecule has 0 aliphatic heterocycles. The van der Waals surface area contributed by atoms with Gasteiger partial charge in [-0.25, -0.2) is 0 Å². The Morgan fingerprint density at radius 2 is 2.33 bits per heavy atom. The van der Waals surface area contributed by atoms with Crippen LogP contribution in [-0.2, 0) is 17.7 Å². The van der Waals surface area contributed by atoms with Crippen LogP contribution in [0.2, 0.25) is 0 Å². The minimum absolute atomic E-state index is 0.603. The van der Waals surface area contributed by atoms with Crippen LogP contribution in [-0.4, -0.2) is 36.6 Å². The fraction of sp³-hybridized carbons (Fsp3) is 0.769.